The van der Waals surface area contributed by atoms with Crippen LogP contribution >= 0.6 is 11.6 Å². The van der Waals surface area contributed by atoms with Crippen LogP contribution in [0.15, 0.2) is 23.3 Å². The summed E-state index contributed by atoms with van der Waals surface area (Å²) in [6.07, 6.45) is 1.26. The molecule has 0 aromatic heterocycles. The van der Waals surface area contributed by atoms with Gasteiger partial charge < -0.3 is 14.5 Å². The van der Waals surface area contributed by atoms with Crippen LogP contribution in [0.25, 0.3) is 0 Å². The molecule has 1 saturated heterocycles. The van der Waals surface area contributed by atoms with E-state index in [-0.39, 0.29) is 12.5 Å². The van der Waals surface area contributed by atoms with E-state index >= 15 is 0 Å². The second-order valence-corrected chi connectivity index (χ2v) is 7.34. The Morgan fingerprint density at radius 3 is 2.41 bits per heavy atom. The van der Waals surface area contributed by atoms with E-state index in [4.69, 9.17) is 22.2 Å². The van der Waals surface area contributed by atoms with Crippen molar-refractivity contribution in [3.63, 3.8) is 0 Å². The number of carbonyl (C=O) groups excluding carboxylic acids is 2. The van der Waals surface area contributed by atoms with Gasteiger partial charge in [-0.2, -0.15) is 5.10 Å². The molecule has 32 heavy (non-hydrogen) atoms. The summed E-state index contributed by atoms with van der Waals surface area (Å²) in [5, 5.41) is 6.53. The third-order valence-corrected chi connectivity index (χ3v) is 5.27. The van der Waals surface area contributed by atoms with Gasteiger partial charge in [0.25, 0.3) is 5.91 Å². The lowest BCUT2D eigenvalue weighted by atomic mass is 10.2. The Kier molecular flexibility index (Phi) is 12.5. The predicted molar refractivity (Wildman–Crippen MR) is 130 cm³/mol. The molecular formula is C22H37ClN6O3. The van der Waals surface area contributed by atoms with Gasteiger partial charge in [0.15, 0.2) is 0 Å². The van der Waals surface area contributed by atoms with Crippen molar-refractivity contribution >= 4 is 34.8 Å². The molecule has 1 aromatic carbocycles. The summed E-state index contributed by atoms with van der Waals surface area (Å²) in [6.45, 7) is 11.1. The number of hydrogen-bond acceptors (Lipinski definition) is 7. The molecule has 1 fully saturated rings. The maximum Gasteiger partial charge on any atom is 0.281 e. The molecule has 0 atom stereocenters. The van der Waals surface area contributed by atoms with Gasteiger partial charge in [-0.05, 0) is 25.5 Å². The smallest absolute Gasteiger partial charge is 0.281 e. The SMILES string of the molecule is CC.CCC/C(=N\N(CC)CC(=O)N1CCN(c2ccc(Cl)c(OC)c2)CC1)C(=O)NN. The number of hydrazine groups is 1. The van der Waals surface area contributed by atoms with Crippen molar-refractivity contribution in [2.24, 2.45) is 10.9 Å². The molecule has 9 nitrogen and oxygen atoms in total. The number of benzene rings is 1. The summed E-state index contributed by atoms with van der Waals surface area (Å²) in [5.74, 6) is 5.43. The maximum atomic E-state index is 12.8. The largest absolute Gasteiger partial charge is 0.495 e. The summed E-state index contributed by atoms with van der Waals surface area (Å²) < 4.78 is 5.29. The highest BCUT2D eigenvalue weighted by Gasteiger charge is 2.23. The van der Waals surface area contributed by atoms with Gasteiger partial charge in [0, 0.05) is 44.5 Å². The van der Waals surface area contributed by atoms with E-state index in [1.54, 1.807) is 12.1 Å². The molecule has 0 radical (unpaired) electrons. The number of hydrazone groups is 1. The van der Waals surface area contributed by atoms with Gasteiger partial charge in [-0.3, -0.25) is 20.0 Å². The fourth-order valence-corrected chi connectivity index (χ4v) is 3.43. The third kappa shape index (κ3) is 7.87. The van der Waals surface area contributed by atoms with Gasteiger partial charge in [0.2, 0.25) is 5.91 Å². The Morgan fingerprint density at radius 1 is 1.22 bits per heavy atom. The quantitative estimate of drug-likeness (QED) is 0.250. The average molecular weight is 469 g/mol. The molecule has 3 N–H and O–H groups in total. The van der Waals surface area contributed by atoms with Crippen LogP contribution in [-0.4, -0.2) is 73.8 Å². The monoisotopic (exact) mass is 468 g/mol. The Morgan fingerprint density at radius 2 is 1.88 bits per heavy atom. The number of hydrogen-bond donors (Lipinski definition) is 2. The summed E-state index contributed by atoms with van der Waals surface area (Å²) >= 11 is 6.10. The second-order valence-electron chi connectivity index (χ2n) is 6.94. The lowest BCUT2D eigenvalue weighted by molar-refractivity contribution is -0.132. The minimum absolute atomic E-state index is 0.0158. The average Bonchev–Trinajstić information content (AvgIpc) is 2.84. The number of nitrogens with one attached hydrogen (secondary N) is 1. The fraction of sp³-hybridized carbons (Fsp3) is 0.591. The van der Waals surface area contributed by atoms with Crippen LogP contribution in [-0.2, 0) is 9.59 Å². The standard InChI is InChI=1S/C20H31ClN6O3.C2H6/c1-4-6-17(20(29)23-22)24-27(5-2)14-19(28)26-11-9-25(10-12-26)15-7-8-16(21)18(13-15)30-3;1-2/h7-8,13H,4-6,9-12,14,22H2,1-3H3,(H,23,29);1-2H3/b24-17+;. The van der Waals surface area contributed by atoms with Gasteiger partial charge in [0.05, 0.1) is 12.1 Å². The molecule has 2 rings (SSSR count). The third-order valence-electron chi connectivity index (χ3n) is 4.96. The first-order chi connectivity index (χ1) is 15.4. The number of nitrogens with two attached hydrogens (primary N) is 1. The highest BCUT2D eigenvalue weighted by atomic mass is 35.5. The Hall–Kier alpha value is -2.52. The summed E-state index contributed by atoms with van der Waals surface area (Å²) in [6, 6.07) is 5.68. The minimum atomic E-state index is -0.422. The molecule has 1 aliphatic heterocycles. The summed E-state index contributed by atoms with van der Waals surface area (Å²) in [7, 11) is 1.59. The van der Waals surface area contributed by atoms with E-state index in [1.165, 1.54) is 0 Å². The minimum Gasteiger partial charge on any atom is -0.495 e. The first kappa shape index (κ1) is 27.5. The zero-order valence-corrected chi connectivity index (χ0v) is 20.6. The fourth-order valence-electron chi connectivity index (χ4n) is 3.23. The van der Waals surface area contributed by atoms with Crippen LogP contribution in [0.1, 0.15) is 40.5 Å². The van der Waals surface area contributed by atoms with Crippen molar-refractivity contribution in [3.8, 4) is 5.75 Å². The number of ether oxygens (including phenoxy) is 1. The van der Waals surface area contributed by atoms with Crippen molar-refractivity contribution < 1.29 is 14.3 Å². The topological polar surface area (TPSA) is 104 Å². The van der Waals surface area contributed by atoms with Crippen LogP contribution in [0.2, 0.25) is 5.02 Å². The van der Waals surface area contributed by atoms with Crippen LogP contribution in [0.3, 0.4) is 0 Å². The van der Waals surface area contributed by atoms with Crippen LogP contribution < -0.4 is 20.9 Å². The molecular weight excluding hydrogens is 432 g/mol. The number of nitrogens with zero attached hydrogens (tertiary/aromatic N) is 4. The first-order valence-electron chi connectivity index (χ1n) is 11.1. The number of methoxy groups -OCH3 is 1. The molecule has 180 valence electrons. The number of halogens is 1. The highest BCUT2D eigenvalue weighted by molar-refractivity contribution is 6.38. The molecule has 2 amide bonds. The van der Waals surface area contributed by atoms with Crippen molar-refractivity contribution in [2.75, 3.05) is 51.3 Å². The molecule has 0 bridgehead atoms. The summed E-state index contributed by atoms with van der Waals surface area (Å²) in [4.78, 5) is 28.7. The van der Waals surface area contributed by atoms with Gasteiger partial charge >= 0.3 is 0 Å². The zero-order valence-electron chi connectivity index (χ0n) is 19.9. The molecule has 0 aliphatic carbocycles. The Bertz CT molecular complexity index is 766. The van der Waals surface area contributed by atoms with E-state index in [9.17, 15) is 9.59 Å². The maximum absolute atomic E-state index is 12.8. The number of rotatable bonds is 9. The molecule has 10 heteroatoms. The normalized spacial score (nSPS) is 13.8. The van der Waals surface area contributed by atoms with E-state index in [2.05, 4.69) is 15.4 Å². The lowest BCUT2D eigenvalue weighted by Crippen LogP contribution is -2.51. The Labute approximate surface area is 196 Å². The number of carbonyl (C=O) groups is 2. The van der Waals surface area contributed by atoms with E-state index in [0.717, 1.165) is 12.1 Å². The highest BCUT2D eigenvalue weighted by Crippen LogP contribution is 2.29. The van der Waals surface area contributed by atoms with Gasteiger partial charge in [0.1, 0.15) is 18.0 Å². The molecule has 1 heterocycles. The zero-order chi connectivity index (χ0) is 24.1. The molecule has 1 aromatic rings. The lowest BCUT2D eigenvalue weighted by Gasteiger charge is -2.37. The van der Waals surface area contributed by atoms with Crippen molar-refractivity contribution in [2.45, 2.75) is 40.5 Å². The number of likely N-dealkylation sites (N-methyl/N-ethyl adjacent to an activating group) is 1. The number of amides is 2. The van der Waals surface area contributed by atoms with E-state index in [1.807, 2.05) is 50.8 Å². The van der Waals surface area contributed by atoms with E-state index < -0.39 is 5.91 Å². The van der Waals surface area contributed by atoms with E-state index in [0.29, 0.717) is 55.6 Å². The van der Waals surface area contributed by atoms with Crippen LogP contribution in [0, 0.1) is 0 Å². The van der Waals surface area contributed by atoms with Crippen molar-refractivity contribution in [3.05, 3.63) is 23.2 Å². The number of anilines is 1. The van der Waals surface area contributed by atoms with Crippen LogP contribution in [0.5, 0.6) is 5.75 Å². The van der Waals surface area contributed by atoms with Crippen molar-refractivity contribution in [1.29, 1.82) is 0 Å². The van der Waals surface area contributed by atoms with Gasteiger partial charge in [-0.1, -0.05) is 38.8 Å². The predicted octanol–water partition coefficient (Wildman–Crippen LogP) is 2.49. The molecule has 1 aliphatic rings. The molecule has 0 spiro atoms. The Balaban J connectivity index is 0.00000249. The van der Waals surface area contributed by atoms with Crippen LogP contribution in [0.4, 0.5) is 5.69 Å². The first-order valence-corrected chi connectivity index (χ1v) is 11.5. The summed E-state index contributed by atoms with van der Waals surface area (Å²) in [5.41, 5.74) is 3.46. The van der Waals surface area contributed by atoms with Gasteiger partial charge in [-0.15, -0.1) is 0 Å². The number of piperazine rings is 1. The van der Waals surface area contributed by atoms with Crippen molar-refractivity contribution in [1.82, 2.24) is 15.3 Å². The molecule has 0 unspecified atom stereocenters. The molecule has 0 saturated carbocycles. The van der Waals surface area contributed by atoms with Gasteiger partial charge in [-0.25, -0.2) is 5.84 Å². The second kappa shape index (κ2) is 14.5.